The number of benzene rings is 5. The molecule has 0 spiro atoms. The molecule has 0 bridgehead atoms. The summed E-state index contributed by atoms with van der Waals surface area (Å²) < 4.78 is 11.5. The Kier molecular flexibility index (Phi) is 24.4. The van der Waals surface area contributed by atoms with Crippen LogP contribution >= 0.6 is 31.9 Å². The number of aryl methyl sites for hydroxylation is 3. The summed E-state index contributed by atoms with van der Waals surface area (Å²) >= 11 is 6.88. The number of ketones is 5. The molecule has 0 fully saturated rings. The zero-order chi connectivity index (χ0) is 50.0. The fourth-order valence-corrected chi connectivity index (χ4v) is 10.4. The lowest BCUT2D eigenvalue weighted by molar-refractivity contribution is 0.0591. The highest BCUT2D eigenvalue weighted by atomic mass is 79.9. The largest absolute Gasteiger partial charge is 0.465 e. The summed E-state index contributed by atoms with van der Waals surface area (Å²) in [5.41, 5.74) is 10.7. The van der Waals surface area contributed by atoms with Crippen LogP contribution in [0.3, 0.4) is 0 Å². The maximum absolute atomic E-state index is 11.8. The summed E-state index contributed by atoms with van der Waals surface area (Å²) in [6, 6.07) is 30.4. The molecule has 5 aliphatic rings. The number of hydrogen-bond donors (Lipinski definition) is 0. The summed E-state index contributed by atoms with van der Waals surface area (Å²) in [6.07, 6.45) is 18.5. The number of esters is 2. The standard InChI is InChI=1S/2C13H14O3.2C11H11BrO.C11H12O.2CH4/c1-16-13(15)11-7-4-6-10-9(11)5-2-3-8-12(10)14;1-16-13(15)10-7-6-9-4-2-3-5-12(14)11(9)8-10;12-10-6-3-5-9-8(10)4-1-2-7-11(9)13;12-9-6-5-8-3-1-2-4-11(13)10(8)7-9;12-11-8-4-2-6-9-5-1-3-7-10(9)11;;/h4,6-7H,2-3,5,8H2,1H3;6-8H,2-5H2,1H3;3,5-6H,1-2,4,7H2;5-7H,1-4H2;1,3,5,7H,2,4,6,8H2;2*1H4. The van der Waals surface area contributed by atoms with Gasteiger partial charge in [-0.2, -0.15) is 0 Å². The van der Waals surface area contributed by atoms with E-state index in [0.29, 0.717) is 65.3 Å². The number of fused-ring (bicyclic) bond motifs is 5. The minimum Gasteiger partial charge on any atom is -0.465 e. The SMILES string of the molecule is C.C.COC(=O)c1ccc2c(c1)C(=O)CCCC2.COC(=O)c1cccc2c1CCCCC2=O.O=C1CCCCc2c(Br)cccc21.O=C1CCCCc2ccc(Br)cc21.O=C1CCCCc2ccccc21. The Bertz CT molecular complexity index is 2690. The van der Waals surface area contributed by atoms with Crippen LogP contribution in [0.2, 0.25) is 0 Å². The van der Waals surface area contributed by atoms with Crippen LogP contribution in [0.1, 0.15) is 211 Å². The quantitative estimate of drug-likeness (QED) is 0.125. The lowest BCUT2D eigenvalue weighted by Gasteiger charge is -2.09. The topological polar surface area (TPSA) is 138 Å². The summed E-state index contributed by atoms with van der Waals surface area (Å²) in [4.78, 5) is 81.3. The van der Waals surface area contributed by atoms with E-state index in [4.69, 9.17) is 4.74 Å². The Morgan fingerprint density at radius 2 is 0.792 bits per heavy atom. The van der Waals surface area contributed by atoms with E-state index in [0.717, 1.165) is 139 Å². The fourth-order valence-electron chi connectivity index (χ4n) is 9.48. The molecule has 9 nitrogen and oxygen atoms in total. The third-order valence-electron chi connectivity index (χ3n) is 13.3. The van der Waals surface area contributed by atoms with Crippen LogP contribution in [0.4, 0.5) is 0 Å². The first-order valence-corrected chi connectivity index (χ1v) is 26.2. The summed E-state index contributed by atoms with van der Waals surface area (Å²) in [6.45, 7) is 0. The van der Waals surface area contributed by atoms with Crippen molar-refractivity contribution >= 4 is 72.7 Å². The summed E-state index contributed by atoms with van der Waals surface area (Å²) in [7, 11) is 2.70. The zero-order valence-corrected chi connectivity index (χ0v) is 43.5. The van der Waals surface area contributed by atoms with E-state index >= 15 is 0 Å². The molecule has 5 aliphatic carbocycles. The van der Waals surface area contributed by atoms with E-state index in [1.165, 1.54) is 30.9 Å². The molecule has 0 unspecified atom stereocenters. The van der Waals surface area contributed by atoms with Gasteiger partial charge in [0.15, 0.2) is 28.9 Å². The fraction of sp³-hybridized carbons (Fsp3) is 0.393. The molecule has 0 saturated carbocycles. The van der Waals surface area contributed by atoms with Gasteiger partial charge in [-0.3, -0.25) is 24.0 Å². The Labute approximate surface area is 443 Å². The van der Waals surface area contributed by atoms with Crippen molar-refractivity contribution in [2.45, 2.75) is 143 Å². The predicted molar refractivity (Wildman–Crippen MR) is 293 cm³/mol. The maximum atomic E-state index is 11.8. The van der Waals surface area contributed by atoms with E-state index in [-0.39, 0.29) is 38.4 Å². The lowest BCUT2D eigenvalue weighted by atomic mass is 9.96. The molecule has 5 aromatic rings. The summed E-state index contributed by atoms with van der Waals surface area (Å²) in [5.74, 6) is 0.452. The molecule has 72 heavy (non-hydrogen) atoms. The Balaban J connectivity index is 0.000000195. The first-order valence-electron chi connectivity index (χ1n) is 24.6. The Morgan fingerprint density at radius 1 is 0.389 bits per heavy atom. The molecular weight excluding hydrogens is 1040 g/mol. The van der Waals surface area contributed by atoms with Gasteiger partial charge in [0.2, 0.25) is 0 Å². The van der Waals surface area contributed by atoms with Gasteiger partial charge in [0.05, 0.1) is 25.3 Å². The van der Waals surface area contributed by atoms with Crippen molar-refractivity contribution < 1.29 is 43.0 Å². The van der Waals surface area contributed by atoms with Gasteiger partial charge in [-0.1, -0.05) is 107 Å². The van der Waals surface area contributed by atoms with Crippen LogP contribution in [0.15, 0.2) is 106 Å². The summed E-state index contributed by atoms with van der Waals surface area (Å²) in [5, 5.41) is 0. The zero-order valence-electron chi connectivity index (χ0n) is 40.3. The van der Waals surface area contributed by atoms with Gasteiger partial charge in [0, 0.05) is 68.9 Å². The molecule has 0 atom stereocenters. The number of methoxy groups -OCH3 is 2. The van der Waals surface area contributed by atoms with Gasteiger partial charge in [0.25, 0.3) is 0 Å². The first kappa shape index (κ1) is 58.9. The highest BCUT2D eigenvalue weighted by Crippen LogP contribution is 2.29. The van der Waals surface area contributed by atoms with Gasteiger partial charge in [0.1, 0.15) is 0 Å². The maximum Gasteiger partial charge on any atom is 0.338 e. The molecule has 382 valence electrons. The average molecular weight is 1110 g/mol. The second kappa shape index (κ2) is 29.8. The average Bonchev–Trinajstić information content (AvgIpc) is 3.93. The monoisotopic (exact) mass is 1100 g/mol. The van der Waals surface area contributed by atoms with Crippen molar-refractivity contribution in [2.24, 2.45) is 0 Å². The van der Waals surface area contributed by atoms with Crippen LogP contribution in [-0.2, 0) is 41.6 Å². The molecule has 5 aromatic carbocycles. The number of carbonyl (C=O) groups excluding carboxylic acids is 7. The minimum absolute atomic E-state index is 0. The van der Waals surface area contributed by atoms with Crippen LogP contribution < -0.4 is 0 Å². The Morgan fingerprint density at radius 3 is 1.35 bits per heavy atom. The number of hydrogen-bond acceptors (Lipinski definition) is 9. The molecule has 0 N–H and O–H groups in total. The van der Waals surface area contributed by atoms with Gasteiger partial charge >= 0.3 is 11.9 Å². The Hall–Kier alpha value is -5.65. The van der Waals surface area contributed by atoms with E-state index in [1.807, 2.05) is 54.6 Å². The van der Waals surface area contributed by atoms with Crippen molar-refractivity contribution in [2.75, 3.05) is 14.2 Å². The molecule has 0 saturated heterocycles. The van der Waals surface area contributed by atoms with E-state index in [2.05, 4.69) is 48.7 Å². The van der Waals surface area contributed by atoms with E-state index in [1.54, 1.807) is 30.3 Å². The van der Waals surface area contributed by atoms with Crippen LogP contribution in [0.25, 0.3) is 0 Å². The molecule has 0 aromatic heterocycles. The third kappa shape index (κ3) is 16.2. The molecule has 10 rings (SSSR count). The smallest absolute Gasteiger partial charge is 0.338 e. The van der Waals surface area contributed by atoms with Crippen LogP contribution in [-0.4, -0.2) is 55.1 Å². The van der Waals surface area contributed by atoms with Crippen molar-refractivity contribution in [3.8, 4) is 0 Å². The van der Waals surface area contributed by atoms with Gasteiger partial charge in [-0.05, 0) is 161 Å². The van der Waals surface area contributed by atoms with Crippen molar-refractivity contribution in [3.05, 3.63) is 173 Å². The normalized spacial score (nSPS) is 15.5. The lowest BCUT2D eigenvalue weighted by Crippen LogP contribution is -2.09. The number of halogens is 2. The minimum atomic E-state index is -0.389. The van der Waals surface area contributed by atoms with Crippen LogP contribution in [0.5, 0.6) is 0 Å². The first-order chi connectivity index (χ1) is 33.9. The molecule has 0 radical (unpaired) electrons. The second-order valence-corrected chi connectivity index (χ2v) is 19.8. The third-order valence-corrected chi connectivity index (χ3v) is 14.5. The van der Waals surface area contributed by atoms with Crippen molar-refractivity contribution in [3.63, 3.8) is 0 Å². The second-order valence-electron chi connectivity index (χ2n) is 18.1. The van der Waals surface area contributed by atoms with E-state index < -0.39 is 0 Å². The highest BCUT2D eigenvalue weighted by molar-refractivity contribution is 9.10. The number of rotatable bonds is 2. The number of carbonyl (C=O) groups is 7. The number of ether oxygens (including phenoxy) is 2. The predicted octanol–water partition coefficient (Wildman–Crippen LogP) is 15.3. The molecule has 11 heteroatoms. The molecule has 0 heterocycles. The number of Topliss-reactive ketones (excluding diaryl/α,β-unsaturated/α-hetero) is 5. The highest BCUT2D eigenvalue weighted by Gasteiger charge is 2.22. The van der Waals surface area contributed by atoms with E-state index in [9.17, 15) is 33.6 Å². The molecular formula is C61H70Br2O9. The van der Waals surface area contributed by atoms with Gasteiger partial charge < -0.3 is 9.47 Å². The van der Waals surface area contributed by atoms with Crippen molar-refractivity contribution in [1.82, 2.24) is 0 Å². The van der Waals surface area contributed by atoms with Crippen molar-refractivity contribution in [1.29, 1.82) is 0 Å². The van der Waals surface area contributed by atoms with Gasteiger partial charge in [-0.25, -0.2) is 9.59 Å². The van der Waals surface area contributed by atoms with Gasteiger partial charge in [-0.15, -0.1) is 0 Å². The molecule has 0 aliphatic heterocycles. The van der Waals surface area contributed by atoms with Crippen LogP contribution in [0, 0.1) is 0 Å². The molecule has 0 amide bonds.